The summed E-state index contributed by atoms with van der Waals surface area (Å²) in [5.41, 5.74) is -0.148. The molecule has 1 aromatic heterocycles. The van der Waals surface area contributed by atoms with Crippen molar-refractivity contribution in [3.63, 3.8) is 0 Å². The molecule has 0 aromatic carbocycles. The minimum atomic E-state index is -0.928. The Hall–Kier alpha value is -2.11. The molecule has 0 spiro atoms. The third-order valence-corrected chi connectivity index (χ3v) is 2.53. The van der Waals surface area contributed by atoms with Gasteiger partial charge in [-0.05, 0) is 12.5 Å². The van der Waals surface area contributed by atoms with Gasteiger partial charge in [0.2, 0.25) is 5.56 Å². The summed E-state index contributed by atoms with van der Waals surface area (Å²) in [6.07, 6.45) is 2.61. The number of carbonyl (C=O) groups is 2. The zero-order valence-corrected chi connectivity index (χ0v) is 10.1. The number of aliphatic carboxylic acids is 1. The van der Waals surface area contributed by atoms with Crippen LogP contribution in [0.5, 0.6) is 0 Å². The lowest BCUT2D eigenvalue weighted by Crippen LogP contribution is -2.33. The summed E-state index contributed by atoms with van der Waals surface area (Å²) in [5, 5.41) is 11.4. The molecule has 0 aliphatic heterocycles. The molecule has 0 aliphatic rings. The highest BCUT2D eigenvalue weighted by molar-refractivity contribution is 5.94. The third-order valence-electron chi connectivity index (χ3n) is 2.53. The van der Waals surface area contributed by atoms with Crippen molar-refractivity contribution >= 4 is 11.9 Å². The van der Waals surface area contributed by atoms with Gasteiger partial charge in [-0.2, -0.15) is 0 Å². The fourth-order valence-corrected chi connectivity index (χ4v) is 1.57. The lowest BCUT2D eigenvalue weighted by Gasteiger charge is -2.12. The van der Waals surface area contributed by atoms with E-state index < -0.39 is 17.8 Å². The van der Waals surface area contributed by atoms with Crippen LogP contribution in [0, 0.1) is 5.92 Å². The third kappa shape index (κ3) is 4.04. The van der Waals surface area contributed by atoms with Crippen LogP contribution in [0.4, 0.5) is 0 Å². The molecule has 0 fully saturated rings. The normalized spacial score (nSPS) is 11.8. The quantitative estimate of drug-likeness (QED) is 0.690. The van der Waals surface area contributed by atoms with Crippen molar-refractivity contribution in [2.45, 2.75) is 19.8 Å². The lowest BCUT2D eigenvalue weighted by atomic mass is 10.0. The van der Waals surface area contributed by atoms with Crippen LogP contribution in [0.1, 0.15) is 30.1 Å². The molecule has 0 radical (unpaired) electrons. The van der Waals surface area contributed by atoms with Crippen LogP contribution in [0.2, 0.25) is 0 Å². The Bertz CT molecular complexity index is 481. The van der Waals surface area contributed by atoms with Crippen molar-refractivity contribution in [2.24, 2.45) is 5.92 Å². The maximum absolute atomic E-state index is 11.7. The van der Waals surface area contributed by atoms with E-state index in [1.165, 1.54) is 18.3 Å². The van der Waals surface area contributed by atoms with Gasteiger partial charge in [0.25, 0.3) is 5.91 Å². The Morgan fingerprint density at radius 1 is 1.50 bits per heavy atom. The van der Waals surface area contributed by atoms with E-state index in [-0.39, 0.29) is 17.7 Å². The van der Waals surface area contributed by atoms with Crippen molar-refractivity contribution in [1.82, 2.24) is 10.3 Å². The van der Waals surface area contributed by atoms with Crippen LogP contribution in [0.3, 0.4) is 0 Å². The average Bonchev–Trinajstić information content (AvgIpc) is 2.33. The molecule has 1 atom stereocenters. The fraction of sp³-hybridized carbons (Fsp3) is 0.417. The summed E-state index contributed by atoms with van der Waals surface area (Å²) >= 11 is 0. The van der Waals surface area contributed by atoms with E-state index in [0.717, 1.165) is 6.42 Å². The summed E-state index contributed by atoms with van der Waals surface area (Å²) in [6, 6.07) is 2.64. The second kappa shape index (κ2) is 6.58. The molecule has 1 heterocycles. The molecule has 1 amide bonds. The number of amides is 1. The zero-order valence-electron chi connectivity index (χ0n) is 10.1. The number of pyridine rings is 1. The van der Waals surface area contributed by atoms with Gasteiger partial charge < -0.3 is 15.4 Å². The van der Waals surface area contributed by atoms with Crippen molar-refractivity contribution in [3.05, 3.63) is 34.2 Å². The largest absolute Gasteiger partial charge is 0.481 e. The van der Waals surface area contributed by atoms with Gasteiger partial charge in [-0.25, -0.2) is 0 Å². The lowest BCUT2D eigenvalue weighted by molar-refractivity contribution is -0.141. The summed E-state index contributed by atoms with van der Waals surface area (Å²) in [5.74, 6) is -1.97. The number of carboxylic acid groups (broad SMARTS) is 1. The van der Waals surface area contributed by atoms with Gasteiger partial charge in [-0.1, -0.05) is 13.3 Å². The van der Waals surface area contributed by atoms with Crippen LogP contribution in [0.25, 0.3) is 0 Å². The molecular formula is C12H16N2O4. The van der Waals surface area contributed by atoms with E-state index in [9.17, 15) is 14.4 Å². The molecule has 0 saturated heterocycles. The molecule has 1 unspecified atom stereocenters. The van der Waals surface area contributed by atoms with Gasteiger partial charge in [0.15, 0.2) is 0 Å². The highest BCUT2D eigenvalue weighted by atomic mass is 16.4. The minimum absolute atomic E-state index is 0.0643. The number of carboxylic acids is 1. The van der Waals surface area contributed by atoms with Crippen LogP contribution in [-0.2, 0) is 4.79 Å². The van der Waals surface area contributed by atoms with Gasteiger partial charge in [0, 0.05) is 24.4 Å². The van der Waals surface area contributed by atoms with Crippen molar-refractivity contribution < 1.29 is 14.7 Å². The number of aromatic nitrogens is 1. The van der Waals surface area contributed by atoms with Gasteiger partial charge in [-0.15, -0.1) is 0 Å². The molecule has 0 saturated carbocycles. The molecule has 0 aliphatic carbocycles. The predicted molar refractivity (Wildman–Crippen MR) is 65.4 cm³/mol. The zero-order chi connectivity index (χ0) is 13.5. The van der Waals surface area contributed by atoms with Gasteiger partial charge in [0.1, 0.15) is 0 Å². The van der Waals surface area contributed by atoms with E-state index in [0.29, 0.717) is 6.42 Å². The summed E-state index contributed by atoms with van der Waals surface area (Å²) < 4.78 is 0. The SMILES string of the molecule is CCCC(CNC(=O)c1cc[nH]c(=O)c1)C(=O)O. The van der Waals surface area contributed by atoms with E-state index in [4.69, 9.17) is 5.11 Å². The van der Waals surface area contributed by atoms with Crippen LogP contribution in [-0.4, -0.2) is 28.5 Å². The van der Waals surface area contributed by atoms with Crippen molar-refractivity contribution in [2.75, 3.05) is 6.54 Å². The number of hydrogen-bond acceptors (Lipinski definition) is 3. The monoisotopic (exact) mass is 252 g/mol. The maximum Gasteiger partial charge on any atom is 0.308 e. The number of nitrogens with one attached hydrogen (secondary N) is 2. The Morgan fingerprint density at radius 3 is 2.78 bits per heavy atom. The van der Waals surface area contributed by atoms with E-state index in [1.54, 1.807) is 0 Å². The summed E-state index contributed by atoms with van der Waals surface area (Å²) in [7, 11) is 0. The topological polar surface area (TPSA) is 99.3 Å². The summed E-state index contributed by atoms with van der Waals surface area (Å²) in [4.78, 5) is 36.0. The van der Waals surface area contributed by atoms with Crippen LogP contribution < -0.4 is 10.9 Å². The Morgan fingerprint density at radius 2 is 2.22 bits per heavy atom. The second-order valence-electron chi connectivity index (χ2n) is 3.98. The molecule has 18 heavy (non-hydrogen) atoms. The van der Waals surface area contributed by atoms with Crippen molar-refractivity contribution in [1.29, 1.82) is 0 Å². The second-order valence-corrected chi connectivity index (χ2v) is 3.98. The number of rotatable bonds is 6. The number of carbonyl (C=O) groups excluding carboxylic acids is 1. The molecule has 6 nitrogen and oxygen atoms in total. The minimum Gasteiger partial charge on any atom is -0.481 e. The highest BCUT2D eigenvalue weighted by Crippen LogP contribution is 2.05. The predicted octanol–water partition coefficient (Wildman–Crippen LogP) is 0.606. The maximum atomic E-state index is 11.7. The first-order valence-corrected chi connectivity index (χ1v) is 5.74. The van der Waals surface area contributed by atoms with Gasteiger partial charge >= 0.3 is 5.97 Å². The fourth-order valence-electron chi connectivity index (χ4n) is 1.57. The number of hydrogen-bond donors (Lipinski definition) is 3. The summed E-state index contributed by atoms with van der Waals surface area (Å²) in [6.45, 7) is 1.95. The Kier molecular flexibility index (Phi) is 5.10. The standard InChI is InChI=1S/C12H16N2O4/c1-2-3-9(12(17)18)7-14-11(16)8-4-5-13-10(15)6-8/h4-6,9H,2-3,7H2,1H3,(H,13,15)(H,14,16)(H,17,18). The average molecular weight is 252 g/mol. The molecule has 6 heteroatoms. The molecule has 3 N–H and O–H groups in total. The van der Waals surface area contributed by atoms with E-state index in [1.807, 2.05) is 6.92 Å². The first-order valence-electron chi connectivity index (χ1n) is 5.74. The molecular weight excluding hydrogens is 236 g/mol. The number of H-pyrrole nitrogens is 1. The van der Waals surface area contributed by atoms with Gasteiger partial charge in [-0.3, -0.25) is 14.4 Å². The van der Waals surface area contributed by atoms with Crippen LogP contribution >= 0.6 is 0 Å². The van der Waals surface area contributed by atoms with E-state index in [2.05, 4.69) is 10.3 Å². The van der Waals surface area contributed by atoms with Crippen molar-refractivity contribution in [3.8, 4) is 0 Å². The Balaban J connectivity index is 2.60. The first kappa shape index (κ1) is 14.0. The number of aromatic amines is 1. The van der Waals surface area contributed by atoms with Gasteiger partial charge in [0.05, 0.1) is 5.92 Å². The Labute approximate surface area is 104 Å². The molecule has 1 aromatic rings. The molecule has 1 rings (SSSR count). The highest BCUT2D eigenvalue weighted by Gasteiger charge is 2.17. The first-order chi connectivity index (χ1) is 8.54. The molecule has 98 valence electrons. The smallest absolute Gasteiger partial charge is 0.308 e. The molecule has 0 bridgehead atoms. The van der Waals surface area contributed by atoms with E-state index >= 15 is 0 Å². The van der Waals surface area contributed by atoms with Crippen LogP contribution in [0.15, 0.2) is 23.1 Å².